The van der Waals surface area contributed by atoms with Crippen molar-refractivity contribution in [3.05, 3.63) is 50.1 Å². The van der Waals surface area contributed by atoms with Crippen molar-refractivity contribution in [1.29, 1.82) is 0 Å². The van der Waals surface area contributed by atoms with Crippen LogP contribution in [0, 0.1) is 0 Å². The van der Waals surface area contributed by atoms with Gasteiger partial charge in [-0.15, -0.1) is 11.8 Å². The number of aromatic hydroxyl groups is 1. The third-order valence-corrected chi connectivity index (χ3v) is 10.3. The maximum Gasteiger partial charge on any atom is 0.490 e. The Kier molecular flexibility index (Phi) is 7.16. The highest BCUT2D eigenvalue weighted by Gasteiger charge is 2.56. The maximum atomic E-state index is 12.9. The molecule has 1 aromatic carbocycles. The Hall–Kier alpha value is -4.09. The Labute approximate surface area is 254 Å². The number of nitrogens with one attached hydrogen (secondary N) is 1. The average molecular weight is 649 g/mol. The number of thioether (sulfide) groups is 2. The number of allylic oxidation sites excluding steroid dienone is 4. The quantitative estimate of drug-likeness (QED) is 0.297. The number of hydrogen-bond acceptors (Lipinski definition) is 11. The first kappa shape index (κ1) is 30.0. The molecule has 230 valence electrons. The minimum atomic E-state index is -5.08. The van der Waals surface area contributed by atoms with Gasteiger partial charge >= 0.3 is 18.1 Å². The van der Waals surface area contributed by atoms with Gasteiger partial charge in [-0.3, -0.25) is 19.6 Å². The van der Waals surface area contributed by atoms with E-state index in [0.29, 0.717) is 35.1 Å². The number of halogens is 3. The Balaban J connectivity index is 0.000000441. The van der Waals surface area contributed by atoms with Crippen LogP contribution >= 0.6 is 23.5 Å². The number of nitrogens with two attached hydrogens (primary N) is 1. The van der Waals surface area contributed by atoms with Crippen molar-refractivity contribution in [2.75, 3.05) is 11.9 Å². The molecule has 3 atom stereocenters. The van der Waals surface area contributed by atoms with Crippen LogP contribution in [0.15, 0.2) is 43.3 Å². The molecule has 1 aliphatic carbocycles. The molecule has 17 heteroatoms. The van der Waals surface area contributed by atoms with Crippen LogP contribution in [0.4, 0.5) is 24.5 Å². The van der Waals surface area contributed by atoms with E-state index in [1.165, 1.54) is 11.8 Å². The van der Waals surface area contributed by atoms with Gasteiger partial charge in [0.25, 0.3) is 0 Å². The van der Waals surface area contributed by atoms with Gasteiger partial charge in [-0.05, 0) is 30.6 Å². The summed E-state index contributed by atoms with van der Waals surface area (Å²) in [5.74, 6) is -3.85. The highest BCUT2D eigenvalue weighted by Crippen LogP contribution is 2.65. The third-order valence-electron chi connectivity index (χ3n) is 7.82. The molecule has 1 unspecified atom stereocenters. The highest BCUT2D eigenvalue weighted by molar-refractivity contribution is 8.05. The van der Waals surface area contributed by atoms with Crippen LogP contribution in [0.1, 0.15) is 24.1 Å². The molecule has 1 saturated heterocycles. The van der Waals surface area contributed by atoms with Crippen LogP contribution in [0.25, 0.3) is 5.57 Å². The zero-order chi connectivity index (χ0) is 31.7. The molecule has 7 rings (SSSR count). The fourth-order valence-corrected chi connectivity index (χ4v) is 8.73. The summed E-state index contributed by atoms with van der Waals surface area (Å²) in [5.41, 5.74) is 8.95. The van der Waals surface area contributed by atoms with E-state index in [-0.39, 0.29) is 23.3 Å². The number of fused-ring (bicyclic) bond motifs is 3. The molecule has 2 aromatic rings. The molecule has 0 amide bonds. The van der Waals surface area contributed by atoms with Gasteiger partial charge in [-0.2, -0.15) is 13.2 Å². The summed E-state index contributed by atoms with van der Waals surface area (Å²) < 4.78 is 33.5. The number of imidazole rings is 1. The number of aliphatic carboxylic acids is 2. The maximum absolute atomic E-state index is 12.9. The van der Waals surface area contributed by atoms with Crippen molar-refractivity contribution in [1.82, 2.24) is 9.55 Å². The van der Waals surface area contributed by atoms with Gasteiger partial charge < -0.3 is 30.9 Å². The van der Waals surface area contributed by atoms with Crippen LogP contribution < -0.4 is 21.6 Å². The predicted molar refractivity (Wildman–Crippen MR) is 154 cm³/mol. The zero-order valence-corrected chi connectivity index (χ0v) is 24.3. The molecular weight excluding hydrogens is 625 g/mol. The molecule has 4 aliphatic heterocycles. The Bertz CT molecular complexity index is 1880. The molecule has 5 aliphatic rings. The Morgan fingerprint density at radius 1 is 1.32 bits per heavy atom. The van der Waals surface area contributed by atoms with Crippen LogP contribution in [0.3, 0.4) is 0 Å². The summed E-state index contributed by atoms with van der Waals surface area (Å²) in [4.78, 5) is 48.9. The lowest BCUT2D eigenvalue weighted by Gasteiger charge is -2.39. The van der Waals surface area contributed by atoms with Crippen molar-refractivity contribution in [3.8, 4) is 5.75 Å². The lowest BCUT2D eigenvalue weighted by atomic mass is 9.71. The molecular formula is C27H23F3N6O6S2. The van der Waals surface area contributed by atoms with Gasteiger partial charge in [-0.25, -0.2) is 9.78 Å². The van der Waals surface area contributed by atoms with Crippen molar-refractivity contribution in [3.63, 3.8) is 0 Å². The van der Waals surface area contributed by atoms with Gasteiger partial charge in [0.2, 0.25) is 0 Å². The molecule has 0 saturated carbocycles. The van der Waals surface area contributed by atoms with E-state index in [0.717, 1.165) is 37.9 Å². The van der Waals surface area contributed by atoms with Crippen molar-refractivity contribution in [2.24, 2.45) is 22.8 Å². The average Bonchev–Trinajstić information content (AvgIpc) is 3.62. The van der Waals surface area contributed by atoms with Crippen molar-refractivity contribution < 1.29 is 42.9 Å². The third kappa shape index (κ3) is 4.69. The number of rotatable bonds is 5. The number of ketones is 1. The second-order valence-corrected chi connectivity index (χ2v) is 12.8. The molecule has 12 nitrogen and oxygen atoms in total. The smallest absolute Gasteiger partial charge is 0.490 e. The molecule has 5 heterocycles. The zero-order valence-electron chi connectivity index (χ0n) is 22.7. The number of phenolic OH excluding ortho intramolecular Hbond substituents is 1. The Morgan fingerprint density at radius 2 is 2.05 bits per heavy atom. The molecule has 1 spiro atoms. The van der Waals surface area contributed by atoms with Crippen molar-refractivity contribution in [2.45, 2.75) is 47.3 Å². The topological polar surface area (TPSA) is 192 Å². The minimum absolute atomic E-state index is 0.0501. The molecule has 2 bridgehead atoms. The van der Waals surface area contributed by atoms with E-state index in [4.69, 9.17) is 20.6 Å². The first-order valence-corrected chi connectivity index (χ1v) is 14.8. The van der Waals surface area contributed by atoms with E-state index >= 15 is 0 Å². The number of aliphatic imine (C=N–C) groups is 1. The summed E-state index contributed by atoms with van der Waals surface area (Å²) in [6, 6.07) is -1.08. The monoisotopic (exact) mass is 648 g/mol. The highest BCUT2D eigenvalue weighted by atomic mass is 32.2. The van der Waals surface area contributed by atoms with Gasteiger partial charge in [-0.1, -0.05) is 11.8 Å². The summed E-state index contributed by atoms with van der Waals surface area (Å²) >= 11 is 2.95. The molecule has 1 fully saturated rings. The molecule has 1 aromatic heterocycles. The molecule has 0 radical (unpaired) electrons. The van der Waals surface area contributed by atoms with Gasteiger partial charge in [0.15, 0.2) is 11.5 Å². The van der Waals surface area contributed by atoms with Gasteiger partial charge in [0.1, 0.15) is 16.8 Å². The first-order valence-electron chi connectivity index (χ1n) is 13.1. The normalized spacial score (nSPS) is 22.8. The number of hydrogen-bond donors (Lipinski definition) is 5. The summed E-state index contributed by atoms with van der Waals surface area (Å²) in [6.07, 6.45) is 3.23. The number of nitrogens with zero attached hydrogens (tertiary/aromatic N) is 4. The second kappa shape index (κ2) is 10.5. The van der Waals surface area contributed by atoms with E-state index in [1.807, 2.05) is 6.21 Å². The molecule has 6 N–H and O–H groups in total. The number of carbonyl (C=O) groups is 3. The number of phenols is 1. The summed E-state index contributed by atoms with van der Waals surface area (Å²) in [6.45, 7) is 0.624. The summed E-state index contributed by atoms with van der Waals surface area (Å²) in [7, 11) is 1.80. The molecule has 44 heavy (non-hydrogen) atoms. The van der Waals surface area contributed by atoms with Gasteiger partial charge in [0.05, 0.1) is 33.9 Å². The lowest BCUT2D eigenvalue weighted by molar-refractivity contribution is -0.192. The number of aryl methyl sites for hydroxylation is 1. The number of carbonyl (C=O) groups excluding carboxylic acids is 1. The van der Waals surface area contributed by atoms with E-state index < -0.39 is 29.6 Å². The first-order chi connectivity index (χ1) is 20.7. The SMILES string of the molecule is Cn1cnc(SC2=CC(=O)C=C3S[C@H]4C[C@@]23c2c(c(O)c3c5c2=NCCC=5C=N3)N4)c1CC(N)C(=O)O.O=C(O)C(F)(F)F. The van der Waals surface area contributed by atoms with E-state index in [2.05, 4.69) is 15.3 Å². The largest absolute Gasteiger partial charge is 0.504 e. The fraction of sp³-hybridized carbons (Fsp3) is 0.333. The number of alkyl halides is 3. The van der Waals surface area contributed by atoms with Crippen LogP contribution in [0.2, 0.25) is 0 Å². The van der Waals surface area contributed by atoms with Crippen LogP contribution in [-0.2, 0) is 33.3 Å². The van der Waals surface area contributed by atoms with Crippen LogP contribution in [-0.4, -0.2) is 72.9 Å². The number of benzene rings is 1. The lowest BCUT2D eigenvalue weighted by Crippen LogP contribution is -2.45. The van der Waals surface area contributed by atoms with E-state index in [9.17, 15) is 33.0 Å². The standard InChI is InChI=1S/C25H22N6O4S2.C2HF3O2/c1-31-9-29-23(13(31)6-12(26)24(34)35)37-15-5-11(32)4-14-25(15)7-16(36-14)30-21-18(25)19-17-10(2-3-27-19)8-28-20(17)22(21)33;3-2(4,5)1(6)7/h4-5,8-9,12,16,30,33H,2-3,6-7,26H2,1H3,(H,34,35);(H,6,7)/t12?,16-,25-;/m0./s1. The fourth-order valence-electron chi connectivity index (χ4n) is 5.87. The number of carboxylic acid groups (broad SMARTS) is 2. The Morgan fingerprint density at radius 3 is 2.73 bits per heavy atom. The predicted octanol–water partition coefficient (Wildman–Crippen LogP) is 1.87. The van der Waals surface area contributed by atoms with Crippen LogP contribution in [0.5, 0.6) is 5.75 Å². The number of aromatic nitrogens is 2. The minimum Gasteiger partial charge on any atom is -0.504 e. The van der Waals surface area contributed by atoms with E-state index in [1.54, 1.807) is 41.9 Å². The number of carboxylic acids is 2. The van der Waals surface area contributed by atoms with Crippen molar-refractivity contribution >= 4 is 64.4 Å². The summed E-state index contributed by atoms with van der Waals surface area (Å²) in [5, 5.41) is 33.6. The number of anilines is 1. The van der Waals surface area contributed by atoms with Gasteiger partial charge in [0, 0.05) is 46.8 Å². The second-order valence-electron chi connectivity index (χ2n) is 10.5.